The molecule has 3 aromatic rings. The Labute approximate surface area is 127 Å². The zero-order valence-electron chi connectivity index (χ0n) is 11.7. The van der Waals surface area contributed by atoms with Gasteiger partial charge >= 0.3 is 0 Å². The van der Waals surface area contributed by atoms with E-state index in [0.29, 0.717) is 5.56 Å². The number of rotatable bonds is 5. The molecule has 22 heavy (non-hydrogen) atoms. The Morgan fingerprint density at radius 1 is 1.14 bits per heavy atom. The first-order valence-corrected chi connectivity index (χ1v) is 6.86. The minimum absolute atomic E-state index is 0.129. The van der Waals surface area contributed by atoms with Crippen molar-refractivity contribution in [2.24, 2.45) is 0 Å². The van der Waals surface area contributed by atoms with E-state index < -0.39 is 6.10 Å². The molecule has 1 amide bonds. The highest BCUT2D eigenvalue weighted by molar-refractivity contribution is 5.93. The SMILES string of the molecule is O=C(NCC(O)c1ccc(-c2ccco2)cc1)c1ccoc1. The van der Waals surface area contributed by atoms with E-state index in [1.807, 2.05) is 36.4 Å². The third kappa shape index (κ3) is 3.10. The number of hydrogen-bond donors (Lipinski definition) is 2. The summed E-state index contributed by atoms with van der Waals surface area (Å²) in [5.74, 6) is 0.495. The second kappa shape index (κ2) is 6.32. The van der Waals surface area contributed by atoms with Gasteiger partial charge in [0.15, 0.2) is 0 Å². The lowest BCUT2D eigenvalue weighted by Crippen LogP contribution is -2.28. The number of hydrogen-bond acceptors (Lipinski definition) is 4. The summed E-state index contributed by atoms with van der Waals surface area (Å²) in [5.41, 5.74) is 2.09. The van der Waals surface area contributed by atoms with Gasteiger partial charge in [0.05, 0.1) is 24.2 Å². The molecular weight excluding hydrogens is 282 g/mol. The minimum Gasteiger partial charge on any atom is -0.472 e. The summed E-state index contributed by atoms with van der Waals surface area (Å²) in [6.07, 6.45) is 3.63. The zero-order chi connectivity index (χ0) is 15.4. The van der Waals surface area contributed by atoms with Crippen LogP contribution in [0.15, 0.2) is 70.1 Å². The average molecular weight is 297 g/mol. The molecule has 0 bridgehead atoms. The van der Waals surface area contributed by atoms with Gasteiger partial charge in [-0.15, -0.1) is 0 Å². The predicted octanol–water partition coefficient (Wildman–Crippen LogP) is 3.00. The fourth-order valence-electron chi connectivity index (χ4n) is 2.12. The van der Waals surface area contributed by atoms with Gasteiger partial charge in [0.1, 0.15) is 12.0 Å². The lowest BCUT2D eigenvalue weighted by atomic mass is 10.1. The van der Waals surface area contributed by atoms with Gasteiger partial charge in [0, 0.05) is 12.1 Å². The van der Waals surface area contributed by atoms with E-state index in [-0.39, 0.29) is 12.5 Å². The van der Waals surface area contributed by atoms with Crippen LogP contribution in [0.5, 0.6) is 0 Å². The van der Waals surface area contributed by atoms with Gasteiger partial charge < -0.3 is 19.3 Å². The average Bonchev–Trinajstić information content (AvgIpc) is 3.25. The Hall–Kier alpha value is -2.79. The van der Waals surface area contributed by atoms with E-state index in [1.54, 1.807) is 12.3 Å². The van der Waals surface area contributed by atoms with E-state index in [1.165, 1.54) is 12.5 Å². The second-order valence-corrected chi connectivity index (χ2v) is 4.84. The Bertz CT molecular complexity index is 715. The van der Waals surface area contributed by atoms with Crippen molar-refractivity contribution in [3.8, 4) is 11.3 Å². The number of benzene rings is 1. The van der Waals surface area contributed by atoms with Crippen LogP contribution in [0, 0.1) is 0 Å². The van der Waals surface area contributed by atoms with Crippen LogP contribution in [0.3, 0.4) is 0 Å². The van der Waals surface area contributed by atoms with Gasteiger partial charge in [-0.3, -0.25) is 4.79 Å². The molecule has 112 valence electrons. The van der Waals surface area contributed by atoms with Crippen molar-refractivity contribution in [2.75, 3.05) is 6.54 Å². The number of aliphatic hydroxyl groups is 1. The second-order valence-electron chi connectivity index (χ2n) is 4.84. The fraction of sp³-hybridized carbons (Fsp3) is 0.118. The van der Waals surface area contributed by atoms with Crippen LogP contribution < -0.4 is 5.32 Å². The third-order valence-electron chi connectivity index (χ3n) is 3.34. The molecule has 0 aliphatic rings. The lowest BCUT2D eigenvalue weighted by molar-refractivity contribution is 0.0915. The standard InChI is InChI=1S/C17H15NO4/c19-15(10-18-17(20)14-7-9-21-11-14)12-3-5-13(6-4-12)16-2-1-8-22-16/h1-9,11,15,19H,10H2,(H,18,20). The predicted molar refractivity (Wildman–Crippen MR) is 80.1 cm³/mol. The van der Waals surface area contributed by atoms with E-state index in [0.717, 1.165) is 16.9 Å². The minimum atomic E-state index is -0.776. The summed E-state index contributed by atoms with van der Waals surface area (Å²) in [6.45, 7) is 0.129. The Balaban J connectivity index is 1.60. The molecule has 3 rings (SSSR count). The molecule has 0 radical (unpaired) electrons. The normalized spacial score (nSPS) is 12.0. The van der Waals surface area contributed by atoms with Crippen molar-refractivity contribution in [1.29, 1.82) is 0 Å². The van der Waals surface area contributed by atoms with Crippen molar-refractivity contribution in [3.05, 3.63) is 72.4 Å². The molecular formula is C17H15NO4. The van der Waals surface area contributed by atoms with Crippen molar-refractivity contribution in [1.82, 2.24) is 5.32 Å². The summed E-state index contributed by atoms with van der Waals surface area (Å²) in [4.78, 5) is 11.8. The molecule has 2 heterocycles. The molecule has 0 fully saturated rings. The summed E-state index contributed by atoms with van der Waals surface area (Å²) in [6, 6.07) is 12.6. The number of amides is 1. The Morgan fingerprint density at radius 2 is 1.95 bits per heavy atom. The van der Waals surface area contributed by atoms with Gasteiger partial charge in [-0.25, -0.2) is 0 Å². The first kappa shape index (κ1) is 14.2. The highest BCUT2D eigenvalue weighted by Crippen LogP contribution is 2.22. The maximum absolute atomic E-state index is 11.8. The summed E-state index contributed by atoms with van der Waals surface area (Å²) in [7, 11) is 0. The molecule has 0 spiro atoms. The smallest absolute Gasteiger partial charge is 0.254 e. The van der Waals surface area contributed by atoms with Gasteiger partial charge in [-0.1, -0.05) is 24.3 Å². The Kier molecular flexibility index (Phi) is 4.07. The maximum atomic E-state index is 11.8. The van der Waals surface area contributed by atoms with Crippen LogP contribution in [-0.2, 0) is 0 Å². The van der Waals surface area contributed by atoms with Crippen LogP contribution in [0.1, 0.15) is 22.0 Å². The van der Waals surface area contributed by atoms with Gasteiger partial charge in [-0.2, -0.15) is 0 Å². The third-order valence-corrected chi connectivity index (χ3v) is 3.34. The lowest BCUT2D eigenvalue weighted by Gasteiger charge is -2.12. The highest BCUT2D eigenvalue weighted by Gasteiger charge is 2.12. The molecule has 5 heteroatoms. The van der Waals surface area contributed by atoms with E-state index >= 15 is 0 Å². The van der Waals surface area contributed by atoms with Gasteiger partial charge in [0.2, 0.25) is 0 Å². The first-order valence-electron chi connectivity index (χ1n) is 6.86. The quantitative estimate of drug-likeness (QED) is 0.759. The van der Waals surface area contributed by atoms with Gasteiger partial charge in [0.25, 0.3) is 5.91 Å². The largest absolute Gasteiger partial charge is 0.472 e. The van der Waals surface area contributed by atoms with E-state index in [9.17, 15) is 9.90 Å². The van der Waals surface area contributed by atoms with Crippen molar-refractivity contribution < 1.29 is 18.7 Å². The number of aliphatic hydroxyl groups excluding tert-OH is 1. The van der Waals surface area contributed by atoms with E-state index in [4.69, 9.17) is 8.83 Å². The van der Waals surface area contributed by atoms with Crippen LogP contribution in [0.25, 0.3) is 11.3 Å². The van der Waals surface area contributed by atoms with Crippen molar-refractivity contribution >= 4 is 5.91 Å². The van der Waals surface area contributed by atoms with Crippen molar-refractivity contribution in [2.45, 2.75) is 6.10 Å². The number of nitrogens with one attached hydrogen (secondary N) is 1. The van der Waals surface area contributed by atoms with Crippen molar-refractivity contribution in [3.63, 3.8) is 0 Å². The van der Waals surface area contributed by atoms with Crippen LogP contribution in [0.2, 0.25) is 0 Å². The Morgan fingerprint density at radius 3 is 2.59 bits per heavy atom. The summed E-state index contributed by atoms with van der Waals surface area (Å²) < 4.78 is 10.2. The molecule has 0 aliphatic heterocycles. The number of carbonyl (C=O) groups is 1. The molecule has 0 saturated carbocycles. The monoisotopic (exact) mass is 297 g/mol. The molecule has 1 atom stereocenters. The molecule has 1 unspecified atom stereocenters. The van der Waals surface area contributed by atoms with Crippen LogP contribution >= 0.6 is 0 Å². The molecule has 0 saturated heterocycles. The zero-order valence-corrected chi connectivity index (χ0v) is 11.7. The first-order chi connectivity index (χ1) is 10.7. The summed E-state index contributed by atoms with van der Waals surface area (Å²) >= 11 is 0. The number of carbonyl (C=O) groups excluding carboxylic acids is 1. The molecule has 1 aromatic carbocycles. The topological polar surface area (TPSA) is 75.6 Å². The number of furan rings is 2. The molecule has 0 aliphatic carbocycles. The molecule has 2 aromatic heterocycles. The maximum Gasteiger partial charge on any atom is 0.254 e. The van der Waals surface area contributed by atoms with E-state index in [2.05, 4.69) is 5.32 Å². The summed E-state index contributed by atoms with van der Waals surface area (Å²) in [5, 5.41) is 12.8. The highest BCUT2D eigenvalue weighted by atomic mass is 16.3. The fourth-order valence-corrected chi connectivity index (χ4v) is 2.12. The molecule has 2 N–H and O–H groups in total. The van der Waals surface area contributed by atoms with Gasteiger partial charge in [-0.05, 0) is 23.8 Å². The molecule has 5 nitrogen and oxygen atoms in total. The van der Waals surface area contributed by atoms with Crippen LogP contribution in [-0.4, -0.2) is 17.6 Å². The van der Waals surface area contributed by atoms with Crippen LogP contribution in [0.4, 0.5) is 0 Å².